The molecule has 0 saturated carbocycles. The van der Waals surface area contributed by atoms with E-state index in [0.29, 0.717) is 17.1 Å². The van der Waals surface area contributed by atoms with Gasteiger partial charge in [0.05, 0.1) is 10.6 Å². The molecule has 3 nitrogen and oxygen atoms in total. The molecule has 0 aliphatic heterocycles. The third kappa shape index (κ3) is 5.95. The van der Waals surface area contributed by atoms with Crippen molar-refractivity contribution in [1.29, 1.82) is 0 Å². The van der Waals surface area contributed by atoms with Crippen LogP contribution >= 0.6 is 11.6 Å². The topological polar surface area (TPSA) is 29.5 Å². The zero-order chi connectivity index (χ0) is 19.8. The van der Waals surface area contributed by atoms with E-state index in [0.717, 1.165) is 13.1 Å². The number of hydrogen-bond acceptors (Lipinski definition) is 3. The van der Waals surface area contributed by atoms with Gasteiger partial charge in [0, 0.05) is 19.6 Å². The van der Waals surface area contributed by atoms with E-state index in [-0.39, 0.29) is 6.10 Å². The molecular weight excluding hydrogens is 370 g/mol. The molecule has 3 rings (SSSR count). The Morgan fingerprint density at radius 2 is 1.36 bits per heavy atom. The van der Waals surface area contributed by atoms with Crippen LogP contribution in [0, 0.1) is 0 Å². The fourth-order valence-corrected chi connectivity index (χ4v) is 3.35. The molecule has 0 heterocycles. The Morgan fingerprint density at radius 3 is 1.89 bits per heavy atom. The summed E-state index contributed by atoms with van der Waals surface area (Å²) >= 11 is 6.11. The molecule has 144 valence electrons. The summed E-state index contributed by atoms with van der Waals surface area (Å²) in [7, 11) is 0. The molecule has 0 radical (unpaired) electrons. The van der Waals surface area contributed by atoms with E-state index in [2.05, 4.69) is 29.2 Å². The molecule has 0 amide bonds. The van der Waals surface area contributed by atoms with Gasteiger partial charge in [-0.3, -0.25) is 4.90 Å². The summed E-state index contributed by atoms with van der Waals surface area (Å²) in [5.41, 5.74) is 2.85. The van der Waals surface area contributed by atoms with Gasteiger partial charge in [-0.1, -0.05) is 84.4 Å². The van der Waals surface area contributed by atoms with Crippen LogP contribution in [0.1, 0.15) is 28.4 Å². The fourth-order valence-electron chi connectivity index (χ4n) is 3.14. The van der Waals surface area contributed by atoms with E-state index in [1.807, 2.05) is 43.3 Å². The van der Waals surface area contributed by atoms with Crippen molar-refractivity contribution in [3.05, 3.63) is 107 Å². The normalized spacial score (nSPS) is 12.0. The van der Waals surface area contributed by atoms with Crippen LogP contribution in [0.15, 0.2) is 84.9 Å². The summed E-state index contributed by atoms with van der Waals surface area (Å²) < 4.78 is 5.66. The molecule has 0 fully saturated rings. The number of carbonyl (C=O) groups excluding carboxylic acids is 1. The minimum Gasteiger partial charge on any atom is -0.458 e. The highest BCUT2D eigenvalue weighted by Crippen LogP contribution is 2.17. The zero-order valence-electron chi connectivity index (χ0n) is 15.9. The number of esters is 1. The Hall–Kier alpha value is -2.62. The third-order valence-electron chi connectivity index (χ3n) is 4.42. The molecular formula is C24H24ClNO2. The number of carbonyl (C=O) groups is 1. The van der Waals surface area contributed by atoms with Crippen molar-refractivity contribution in [2.75, 3.05) is 6.54 Å². The van der Waals surface area contributed by atoms with Crippen molar-refractivity contribution in [1.82, 2.24) is 4.90 Å². The maximum atomic E-state index is 12.4. The average molecular weight is 394 g/mol. The molecule has 3 aromatic carbocycles. The summed E-state index contributed by atoms with van der Waals surface area (Å²) in [6.45, 7) is 4.10. The molecule has 0 unspecified atom stereocenters. The molecule has 28 heavy (non-hydrogen) atoms. The van der Waals surface area contributed by atoms with E-state index in [1.54, 1.807) is 24.3 Å². The van der Waals surface area contributed by atoms with Crippen molar-refractivity contribution in [3.63, 3.8) is 0 Å². The highest BCUT2D eigenvalue weighted by molar-refractivity contribution is 6.33. The third-order valence-corrected chi connectivity index (χ3v) is 4.74. The van der Waals surface area contributed by atoms with Crippen LogP contribution in [-0.2, 0) is 17.8 Å². The molecule has 0 aliphatic carbocycles. The molecule has 4 heteroatoms. The second kappa shape index (κ2) is 10.1. The molecule has 1 atom stereocenters. The Morgan fingerprint density at radius 1 is 0.857 bits per heavy atom. The lowest BCUT2D eigenvalue weighted by Crippen LogP contribution is -2.33. The van der Waals surface area contributed by atoms with E-state index < -0.39 is 5.97 Å². The average Bonchev–Trinajstić information content (AvgIpc) is 2.69. The maximum Gasteiger partial charge on any atom is 0.339 e. The number of benzene rings is 3. The number of ether oxygens (including phenoxy) is 1. The first-order chi connectivity index (χ1) is 13.6. The van der Waals surface area contributed by atoms with Crippen molar-refractivity contribution in [2.45, 2.75) is 26.1 Å². The van der Waals surface area contributed by atoms with Crippen LogP contribution in [0.4, 0.5) is 0 Å². The minimum absolute atomic E-state index is 0.267. The van der Waals surface area contributed by atoms with Gasteiger partial charge in [-0.15, -0.1) is 0 Å². The molecule has 0 bridgehead atoms. The van der Waals surface area contributed by atoms with Crippen LogP contribution in [0.3, 0.4) is 0 Å². The second-order valence-electron chi connectivity index (χ2n) is 6.84. The van der Waals surface area contributed by atoms with Crippen molar-refractivity contribution in [3.8, 4) is 0 Å². The maximum absolute atomic E-state index is 12.4. The SMILES string of the molecule is C[C@H](CN(Cc1ccccc1)Cc1ccccc1)OC(=O)c1ccccc1Cl. The van der Waals surface area contributed by atoms with Gasteiger partial charge in [-0.25, -0.2) is 4.79 Å². The van der Waals surface area contributed by atoms with Gasteiger partial charge in [0.1, 0.15) is 6.10 Å². The molecule has 0 spiro atoms. The van der Waals surface area contributed by atoms with E-state index in [9.17, 15) is 4.79 Å². The summed E-state index contributed by atoms with van der Waals surface area (Å²) in [5.74, 6) is -0.391. The number of halogens is 1. The van der Waals surface area contributed by atoms with E-state index >= 15 is 0 Å². The first-order valence-electron chi connectivity index (χ1n) is 9.37. The smallest absolute Gasteiger partial charge is 0.339 e. The summed E-state index contributed by atoms with van der Waals surface area (Å²) in [6, 6.07) is 27.6. The summed E-state index contributed by atoms with van der Waals surface area (Å²) in [5, 5.41) is 0.408. The Kier molecular flexibility index (Phi) is 7.24. The van der Waals surface area contributed by atoms with E-state index in [4.69, 9.17) is 16.3 Å². The quantitative estimate of drug-likeness (QED) is 0.467. The lowest BCUT2D eigenvalue weighted by Gasteiger charge is -2.26. The van der Waals surface area contributed by atoms with Crippen molar-refractivity contribution < 1.29 is 9.53 Å². The predicted molar refractivity (Wildman–Crippen MR) is 113 cm³/mol. The first kappa shape index (κ1) is 20.1. The van der Waals surface area contributed by atoms with Crippen LogP contribution in [0.2, 0.25) is 5.02 Å². The lowest BCUT2D eigenvalue weighted by molar-refractivity contribution is 0.0237. The molecule has 0 aliphatic rings. The van der Waals surface area contributed by atoms with Crippen LogP contribution in [0.25, 0.3) is 0 Å². The van der Waals surface area contributed by atoms with Gasteiger partial charge in [-0.2, -0.15) is 0 Å². The van der Waals surface area contributed by atoms with Crippen LogP contribution in [-0.4, -0.2) is 23.5 Å². The molecule has 0 saturated heterocycles. The number of rotatable bonds is 8. The first-order valence-corrected chi connectivity index (χ1v) is 9.75. The van der Waals surface area contributed by atoms with Crippen LogP contribution < -0.4 is 0 Å². The lowest BCUT2D eigenvalue weighted by atomic mass is 10.1. The Bertz CT molecular complexity index is 842. The number of hydrogen-bond donors (Lipinski definition) is 0. The number of nitrogens with zero attached hydrogens (tertiary/aromatic N) is 1. The van der Waals surface area contributed by atoms with Crippen molar-refractivity contribution in [2.24, 2.45) is 0 Å². The fraction of sp³-hybridized carbons (Fsp3) is 0.208. The Balaban J connectivity index is 1.67. The predicted octanol–water partition coefficient (Wildman–Crippen LogP) is 5.59. The van der Waals surface area contributed by atoms with E-state index in [1.165, 1.54) is 11.1 Å². The van der Waals surface area contributed by atoms with Gasteiger partial charge in [0.25, 0.3) is 0 Å². The van der Waals surface area contributed by atoms with Crippen molar-refractivity contribution >= 4 is 17.6 Å². The highest BCUT2D eigenvalue weighted by Gasteiger charge is 2.18. The second-order valence-corrected chi connectivity index (χ2v) is 7.24. The molecule has 0 aromatic heterocycles. The monoisotopic (exact) mass is 393 g/mol. The van der Waals surface area contributed by atoms with Gasteiger partial charge < -0.3 is 4.74 Å². The Labute approximate surface area is 171 Å². The molecule has 0 N–H and O–H groups in total. The van der Waals surface area contributed by atoms with Crippen LogP contribution in [0.5, 0.6) is 0 Å². The zero-order valence-corrected chi connectivity index (χ0v) is 16.7. The largest absolute Gasteiger partial charge is 0.458 e. The summed E-state index contributed by atoms with van der Waals surface area (Å²) in [6.07, 6.45) is -0.267. The van der Waals surface area contributed by atoms with Gasteiger partial charge >= 0.3 is 5.97 Å². The van der Waals surface area contributed by atoms with Gasteiger partial charge in [0.15, 0.2) is 0 Å². The standard InChI is InChI=1S/C24H24ClNO2/c1-19(28-24(27)22-14-8-9-15-23(22)25)16-26(17-20-10-4-2-5-11-20)18-21-12-6-3-7-13-21/h2-15,19H,16-18H2,1H3/t19-/m1/s1. The minimum atomic E-state index is -0.391. The highest BCUT2D eigenvalue weighted by atomic mass is 35.5. The summed E-state index contributed by atoms with van der Waals surface area (Å²) in [4.78, 5) is 14.7. The van der Waals surface area contributed by atoms with Gasteiger partial charge in [-0.05, 0) is 30.2 Å². The van der Waals surface area contributed by atoms with Gasteiger partial charge in [0.2, 0.25) is 0 Å². The molecule has 3 aromatic rings.